The molecule has 0 aliphatic carbocycles. The van der Waals surface area contributed by atoms with Gasteiger partial charge in [-0.05, 0) is 40.7 Å². The Hall–Kier alpha value is -1.01. The van der Waals surface area contributed by atoms with Gasteiger partial charge in [0.25, 0.3) is 5.22 Å². The van der Waals surface area contributed by atoms with Gasteiger partial charge in [-0.1, -0.05) is 25.6 Å². The molecule has 1 N–H and O–H groups in total. The molecule has 5 nitrogen and oxygen atoms in total. The van der Waals surface area contributed by atoms with Gasteiger partial charge in [-0.25, -0.2) is 4.98 Å². The molecule has 21 heavy (non-hydrogen) atoms. The van der Waals surface area contributed by atoms with Crippen LogP contribution in [0.3, 0.4) is 0 Å². The van der Waals surface area contributed by atoms with Gasteiger partial charge in [0.15, 0.2) is 0 Å². The van der Waals surface area contributed by atoms with Crippen molar-refractivity contribution in [2.24, 2.45) is 0 Å². The Kier molecular flexibility index (Phi) is 6.74. The largest absolute Gasteiger partial charge is 0.465 e. The summed E-state index contributed by atoms with van der Waals surface area (Å²) in [5.41, 5.74) is 0.220. The number of carbonyl (C=O) groups is 1. The summed E-state index contributed by atoms with van der Waals surface area (Å²) in [5, 5.41) is 4.07. The van der Waals surface area contributed by atoms with Crippen LogP contribution in [0.5, 0.6) is 0 Å². The van der Waals surface area contributed by atoms with E-state index in [1.54, 1.807) is 11.8 Å². The number of aryl methyl sites for hydroxylation is 2. The third-order valence-electron chi connectivity index (χ3n) is 3.30. The highest BCUT2D eigenvalue weighted by Gasteiger charge is 2.35. The minimum absolute atomic E-state index is 0.177. The molecule has 6 heteroatoms. The van der Waals surface area contributed by atoms with E-state index in [1.165, 1.54) is 0 Å². The summed E-state index contributed by atoms with van der Waals surface area (Å²) in [4.78, 5) is 16.5. The number of hydrogen-bond donors (Lipinski definition) is 1. The number of ether oxygens (including phenoxy) is 1. The Morgan fingerprint density at radius 3 is 2.62 bits per heavy atom. The Bertz CT molecular complexity index is 456. The number of aromatic nitrogens is 1. The lowest BCUT2D eigenvalue weighted by Gasteiger charge is -2.30. The molecule has 120 valence electrons. The Morgan fingerprint density at radius 2 is 2.14 bits per heavy atom. The van der Waals surface area contributed by atoms with E-state index in [0.717, 1.165) is 11.5 Å². The molecule has 1 aromatic rings. The lowest BCUT2D eigenvalue weighted by atomic mass is 9.96. The molecule has 0 aliphatic rings. The maximum Gasteiger partial charge on any atom is 0.326 e. The molecule has 1 aromatic heterocycles. The molecule has 0 aliphatic heterocycles. The molecule has 0 amide bonds. The van der Waals surface area contributed by atoms with Crippen LogP contribution in [0.1, 0.15) is 45.6 Å². The summed E-state index contributed by atoms with van der Waals surface area (Å²) in [6.07, 6.45) is 0.644. The number of carbonyl (C=O) groups excluding carboxylic acids is 1. The molecule has 0 saturated heterocycles. The first-order valence-electron chi connectivity index (χ1n) is 7.35. The molecule has 0 fully saturated rings. The number of rotatable bonds is 8. The van der Waals surface area contributed by atoms with Crippen molar-refractivity contribution in [3.05, 3.63) is 11.5 Å². The molecular weight excluding hydrogens is 288 g/mol. The average Bonchev–Trinajstić information content (AvgIpc) is 2.68. The molecule has 0 radical (unpaired) electrons. The SMILES string of the molecule is CCNC(C)(CC(C)Sc1nc(C)c(C)o1)C(=O)OCC. The number of hydrogen-bond acceptors (Lipinski definition) is 6. The van der Waals surface area contributed by atoms with Crippen molar-refractivity contribution in [1.82, 2.24) is 10.3 Å². The van der Waals surface area contributed by atoms with Crippen molar-refractivity contribution in [2.45, 2.75) is 64.0 Å². The van der Waals surface area contributed by atoms with Gasteiger partial charge in [0, 0.05) is 5.25 Å². The third kappa shape index (κ3) is 5.04. The van der Waals surface area contributed by atoms with Gasteiger partial charge in [0.2, 0.25) is 0 Å². The van der Waals surface area contributed by atoms with Crippen LogP contribution in [0, 0.1) is 13.8 Å². The summed E-state index contributed by atoms with van der Waals surface area (Å²) in [5.74, 6) is 0.628. The van der Waals surface area contributed by atoms with Crippen LogP contribution in [-0.4, -0.2) is 34.9 Å². The second-order valence-corrected chi connectivity index (χ2v) is 6.73. The van der Waals surface area contributed by atoms with Crippen molar-refractivity contribution in [3.8, 4) is 0 Å². The van der Waals surface area contributed by atoms with Gasteiger partial charge in [0.1, 0.15) is 11.3 Å². The average molecular weight is 314 g/mol. The van der Waals surface area contributed by atoms with Crippen LogP contribution in [0.4, 0.5) is 0 Å². The molecule has 1 rings (SSSR count). The van der Waals surface area contributed by atoms with Crippen LogP contribution < -0.4 is 5.32 Å². The summed E-state index contributed by atoms with van der Waals surface area (Å²) < 4.78 is 10.8. The predicted octanol–water partition coefficient (Wildman–Crippen LogP) is 3.09. The molecule has 0 saturated carbocycles. The number of nitrogens with one attached hydrogen (secondary N) is 1. The van der Waals surface area contributed by atoms with Crippen molar-refractivity contribution in [3.63, 3.8) is 0 Å². The maximum absolute atomic E-state index is 12.2. The molecule has 1 heterocycles. The number of nitrogens with zero attached hydrogens (tertiary/aromatic N) is 1. The number of thioether (sulfide) groups is 1. The Labute approximate surface area is 131 Å². The van der Waals surface area contributed by atoms with Gasteiger partial charge in [-0.15, -0.1) is 0 Å². The van der Waals surface area contributed by atoms with Gasteiger partial charge in [-0.2, -0.15) is 0 Å². The van der Waals surface area contributed by atoms with Gasteiger partial charge in [-0.3, -0.25) is 4.79 Å². The van der Waals surface area contributed by atoms with Crippen LogP contribution >= 0.6 is 11.8 Å². The van der Waals surface area contributed by atoms with Crippen molar-refractivity contribution >= 4 is 17.7 Å². The lowest BCUT2D eigenvalue weighted by molar-refractivity contribution is -0.150. The molecule has 0 spiro atoms. The summed E-state index contributed by atoms with van der Waals surface area (Å²) in [7, 11) is 0. The van der Waals surface area contributed by atoms with E-state index < -0.39 is 5.54 Å². The fourth-order valence-corrected chi connectivity index (χ4v) is 3.31. The van der Waals surface area contributed by atoms with Crippen molar-refractivity contribution in [2.75, 3.05) is 13.2 Å². The predicted molar refractivity (Wildman–Crippen MR) is 84.6 cm³/mol. The maximum atomic E-state index is 12.2. The normalized spacial score (nSPS) is 15.5. The highest BCUT2D eigenvalue weighted by molar-refractivity contribution is 7.99. The van der Waals surface area contributed by atoms with Crippen molar-refractivity contribution in [1.29, 1.82) is 0 Å². The molecule has 0 bridgehead atoms. The Morgan fingerprint density at radius 1 is 1.48 bits per heavy atom. The quantitative estimate of drug-likeness (QED) is 0.587. The van der Waals surface area contributed by atoms with E-state index in [4.69, 9.17) is 9.15 Å². The minimum Gasteiger partial charge on any atom is -0.465 e. The minimum atomic E-state index is -0.687. The van der Waals surface area contributed by atoms with E-state index in [-0.39, 0.29) is 11.2 Å². The van der Waals surface area contributed by atoms with Crippen LogP contribution in [0.2, 0.25) is 0 Å². The summed E-state index contributed by atoms with van der Waals surface area (Å²) in [6, 6.07) is 0. The lowest BCUT2D eigenvalue weighted by Crippen LogP contribution is -2.51. The van der Waals surface area contributed by atoms with Crippen LogP contribution in [-0.2, 0) is 9.53 Å². The number of oxazole rings is 1. The fourth-order valence-electron chi connectivity index (χ4n) is 2.19. The summed E-state index contributed by atoms with van der Waals surface area (Å²) >= 11 is 1.54. The number of esters is 1. The highest BCUT2D eigenvalue weighted by Crippen LogP contribution is 2.30. The first-order valence-corrected chi connectivity index (χ1v) is 8.23. The van der Waals surface area contributed by atoms with E-state index >= 15 is 0 Å². The number of likely N-dealkylation sites (N-methyl/N-ethyl adjacent to an activating group) is 1. The topological polar surface area (TPSA) is 64.4 Å². The fraction of sp³-hybridized carbons (Fsp3) is 0.733. The molecule has 2 atom stereocenters. The van der Waals surface area contributed by atoms with Gasteiger partial charge >= 0.3 is 5.97 Å². The van der Waals surface area contributed by atoms with Gasteiger partial charge in [0.05, 0.1) is 12.3 Å². The first kappa shape index (κ1) is 18.0. The zero-order valence-electron chi connectivity index (χ0n) is 13.8. The molecule has 2 unspecified atom stereocenters. The van der Waals surface area contributed by atoms with E-state index in [1.807, 2.05) is 34.6 Å². The van der Waals surface area contributed by atoms with Gasteiger partial charge < -0.3 is 14.5 Å². The summed E-state index contributed by atoms with van der Waals surface area (Å²) in [6.45, 7) is 12.7. The van der Waals surface area contributed by atoms with E-state index in [2.05, 4.69) is 17.2 Å². The zero-order valence-corrected chi connectivity index (χ0v) is 14.6. The van der Waals surface area contributed by atoms with Crippen LogP contribution in [0.15, 0.2) is 9.64 Å². The van der Waals surface area contributed by atoms with E-state index in [0.29, 0.717) is 24.8 Å². The monoisotopic (exact) mass is 314 g/mol. The highest BCUT2D eigenvalue weighted by atomic mass is 32.2. The second kappa shape index (κ2) is 7.84. The first-order chi connectivity index (χ1) is 9.82. The van der Waals surface area contributed by atoms with E-state index in [9.17, 15) is 4.79 Å². The van der Waals surface area contributed by atoms with Crippen LogP contribution in [0.25, 0.3) is 0 Å². The standard InChI is InChI=1S/C15H26N2O3S/c1-7-16-15(6,13(18)19-8-2)9-10(3)21-14-17-11(4)12(5)20-14/h10,16H,7-9H2,1-6H3. The molecule has 0 aromatic carbocycles. The molecular formula is C15H26N2O3S. The third-order valence-corrected chi connectivity index (χ3v) is 4.24. The Balaban J connectivity index is 2.71. The van der Waals surface area contributed by atoms with Crippen molar-refractivity contribution < 1.29 is 13.9 Å². The second-order valence-electron chi connectivity index (χ2n) is 5.34. The zero-order chi connectivity index (χ0) is 16.0. The smallest absolute Gasteiger partial charge is 0.326 e.